The second-order valence-corrected chi connectivity index (χ2v) is 5.06. The van der Waals surface area contributed by atoms with Crippen molar-refractivity contribution < 1.29 is 0 Å². The van der Waals surface area contributed by atoms with E-state index >= 15 is 0 Å². The number of aromatic nitrogens is 2. The number of aryl methyl sites for hydroxylation is 1. The van der Waals surface area contributed by atoms with Crippen LogP contribution in [0.4, 0.5) is 17.3 Å². The van der Waals surface area contributed by atoms with E-state index in [0.29, 0.717) is 22.5 Å². The Hall–Kier alpha value is -2.82. The summed E-state index contributed by atoms with van der Waals surface area (Å²) in [5.74, 6) is 0.503. The van der Waals surface area contributed by atoms with Crippen molar-refractivity contribution in [3.8, 4) is 0 Å². The molecule has 0 spiro atoms. The van der Waals surface area contributed by atoms with Crippen LogP contribution in [0, 0.1) is 6.92 Å². The molecule has 2 aromatic carbocycles. The fraction of sp³-hybridized carbons (Fsp3) is 0.125. The summed E-state index contributed by atoms with van der Waals surface area (Å²) in [6.07, 6.45) is 0. The molecule has 5 heteroatoms. The summed E-state index contributed by atoms with van der Waals surface area (Å²) in [7, 11) is 1.87. The third kappa shape index (κ3) is 2.45. The van der Waals surface area contributed by atoms with Crippen molar-refractivity contribution in [2.75, 3.05) is 17.7 Å². The molecule has 0 atom stereocenters. The van der Waals surface area contributed by atoms with E-state index in [1.807, 2.05) is 43.1 Å². The molecule has 1 aromatic heterocycles. The fourth-order valence-corrected chi connectivity index (χ4v) is 2.26. The number of nitrogens with one attached hydrogen (secondary N) is 1. The molecule has 1 heterocycles. The van der Waals surface area contributed by atoms with E-state index in [9.17, 15) is 4.79 Å². The topological polar surface area (TPSA) is 75.0 Å². The summed E-state index contributed by atoms with van der Waals surface area (Å²) < 4.78 is 0. The highest BCUT2D eigenvalue weighted by atomic mass is 16.1. The predicted molar refractivity (Wildman–Crippen MR) is 86.0 cm³/mol. The zero-order valence-electron chi connectivity index (χ0n) is 11.9. The molecule has 0 aliphatic heterocycles. The van der Waals surface area contributed by atoms with E-state index in [4.69, 9.17) is 5.73 Å². The van der Waals surface area contributed by atoms with Gasteiger partial charge >= 0.3 is 0 Å². The molecular formula is C16H16N4O. The van der Waals surface area contributed by atoms with Crippen molar-refractivity contribution in [3.63, 3.8) is 0 Å². The first kappa shape index (κ1) is 13.2. The summed E-state index contributed by atoms with van der Waals surface area (Å²) in [5.41, 5.74) is 8.81. The molecule has 5 nitrogen and oxygen atoms in total. The summed E-state index contributed by atoms with van der Waals surface area (Å²) in [5, 5.41) is 0.497. The van der Waals surface area contributed by atoms with Gasteiger partial charge in [0.25, 0.3) is 5.56 Å². The molecule has 0 bridgehead atoms. The molecule has 0 saturated carbocycles. The van der Waals surface area contributed by atoms with Gasteiger partial charge in [-0.15, -0.1) is 0 Å². The minimum atomic E-state index is -0.193. The maximum absolute atomic E-state index is 12.2. The van der Waals surface area contributed by atoms with Crippen molar-refractivity contribution in [2.45, 2.75) is 6.92 Å². The number of hydrogen-bond donors (Lipinski definition) is 2. The van der Waals surface area contributed by atoms with E-state index in [0.717, 1.165) is 11.3 Å². The molecule has 0 aliphatic rings. The highest BCUT2D eigenvalue weighted by molar-refractivity contribution is 5.82. The van der Waals surface area contributed by atoms with Gasteiger partial charge in [0, 0.05) is 18.4 Å². The van der Waals surface area contributed by atoms with Crippen LogP contribution < -0.4 is 16.2 Å². The fourth-order valence-electron chi connectivity index (χ4n) is 2.26. The van der Waals surface area contributed by atoms with Crippen LogP contribution >= 0.6 is 0 Å². The number of aromatic amines is 1. The zero-order chi connectivity index (χ0) is 15.0. The summed E-state index contributed by atoms with van der Waals surface area (Å²) >= 11 is 0. The monoisotopic (exact) mass is 280 g/mol. The molecule has 3 aromatic rings. The first-order valence-electron chi connectivity index (χ1n) is 6.64. The van der Waals surface area contributed by atoms with Gasteiger partial charge in [-0.3, -0.25) is 9.78 Å². The van der Waals surface area contributed by atoms with Crippen molar-refractivity contribution in [3.05, 3.63) is 58.4 Å². The maximum Gasteiger partial charge on any atom is 0.260 e. The first-order valence-corrected chi connectivity index (χ1v) is 6.64. The number of benzene rings is 2. The average Bonchev–Trinajstić information content (AvgIpc) is 2.47. The van der Waals surface area contributed by atoms with E-state index in [1.165, 1.54) is 0 Å². The van der Waals surface area contributed by atoms with Gasteiger partial charge in [-0.2, -0.15) is 0 Å². The lowest BCUT2D eigenvalue weighted by Gasteiger charge is -2.18. The molecule has 0 saturated heterocycles. The standard InChI is InChI=1S/C16H16N4O/c1-10-4-3-5-12(8-10)20(2)16-18-14-7-6-11(17)9-13(14)15(21)19-16/h3-9H,17H2,1-2H3,(H,18,19,21). The van der Waals surface area contributed by atoms with Gasteiger partial charge in [-0.05, 0) is 42.8 Å². The number of hydrogen-bond acceptors (Lipinski definition) is 4. The normalized spacial score (nSPS) is 10.8. The lowest BCUT2D eigenvalue weighted by Crippen LogP contribution is -2.19. The van der Waals surface area contributed by atoms with Gasteiger partial charge in [0.15, 0.2) is 0 Å². The summed E-state index contributed by atoms with van der Waals surface area (Å²) in [6.45, 7) is 2.02. The molecular weight excluding hydrogens is 264 g/mol. The van der Waals surface area contributed by atoms with Crippen LogP contribution in [0.2, 0.25) is 0 Å². The number of rotatable bonds is 2. The van der Waals surface area contributed by atoms with Gasteiger partial charge in [-0.1, -0.05) is 12.1 Å². The highest BCUT2D eigenvalue weighted by Crippen LogP contribution is 2.22. The van der Waals surface area contributed by atoms with Gasteiger partial charge in [0.05, 0.1) is 10.9 Å². The van der Waals surface area contributed by atoms with Gasteiger partial charge < -0.3 is 10.6 Å². The summed E-state index contributed by atoms with van der Waals surface area (Å²) in [4.78, 5) is 21.3. The molecule has 0 aliphatic carbocycles. The number of fused-ring (bicyclic) bond motifs is 1. The second kappa shape index (κ2) is 4.94. The Labute approximate surface area is 122 Å². The number of nitrogens with zero attached hydrogens (tertiary/aromatic N) is 2. The Morgan fingerprint density at radius 3 is 2.76 bits per heavy atom. The first-order chi connectivity index (χ1) is 10.0. The minimum absolute atomic E-state index is 0.193. The van der Waals surface area contributed by atoms with Crippen LogP contribution in [-0.2, 0) is 0 Å². The van der Waals surface area contributed by atoms with Gasteiger partial charge in [0.1, 0.15) is 0 Å². The molecule has 3 rings (SSSR count). The van der Waals surface area contributed by atoms with E-state index < -0.39 is 0 Å². The Morgan fingerprint density at radius 1 is 1.19 bits per heavy atom. The lowest BCUT2D eigenvalue weighted by molar-refractivity contribution is 1.04. The smallest absolute Gasteiger partial charge is 0.260 e. The van der Waals surface area contributed by atoms with Gasteiger partial charge in [-0.25, -0.2) is 4.98 Å². The predicted octanol–water partition coefficient (Wildman–Crippen LogP) is 2.58. The van der Waals surface area contributed by atoms with Crippen LogP contribution in [0.25, 0.3) is 10.9 Å². The number of nitrogen functional groups attached to an aromatic ring is 1. The molecule has 0 radical (unpaired) electrons. The molecule has 0 amide bonds. The molecule has 0 fully saturated rings. The molecule has 21 heavy (non-hydrogen) atoms. The Kier molecular flexibility index (Phi) is 3.10. The quantitative estimate of drug-likeness (QED) is 0.707. The molecule has 106 valence electrons. The molecule has 3 N–H and O–H groups in total. The van der Waals surface area contributed by atoms with E-state index in [-0.39, 0.29) is 5.56 Å². The third-order valence-corrected chi connectivity index (χ3v) is 3.42. The van der Waals surface area contributed by atoms with Gasteiger partial charge in [0.2, 0.25) is 5.95 Å². The highest BCUT2D eigenvalue weighted by Gasteiger charge is 2.10. The maximum atomic E-state index is 12.2. The SMILES string of the molecule is Cc1cccc(N(C)c2nc3ccc(N)cc3c(=O)[nH]2)c1. The Bertz CT molecular complexity index is 870. The summed E-state index contributed by atoms with van der Waals surface area (Å²) in [6, 6.07) is 13.1. The van der Waals surface area contributed by atoms with E-state index in [2.05, 4.69) is 9.97 Å². The number of H-pyrrole nitrogens is 1. The Balaban J connectivity index is 2.13. The number of nitrogens with two attached hydrogens (primary N) is 1. The van der Waals surface area contributed by atoms with Crippen LogP contribution in [0.15, 0.2) is 47.3 Å². The van der Waals surface area contributed by atoms with Crippen molar-refractivity contribution >= 4 is 28.2 Å². The van der Waals surface area contributed by atoms with Crippen LogP contribution in [-0.4, -0.2) is 17.0 Å². The second-order valence-electron chi connectivity index (χ2n) is 5.06. The Morgan fingerprint density at radius 2 is 2.00 bits per heavy atom. The van der Waals surface area contributed by atoms with Crippen molar-refractivity contribution in [2.24, 2.45) is 0 Å². The van der Waals surface area contributed by atoms with Crippen LogP contribution in [0.5, 0.6) is 0 Å². The van der Waals surface area contributed by atoms with Crippen LogP contribution in [0.3, 0.4) is 0 Å². The third-order valence-electron chi connectivity index (χ3n) is 3.42. The van der Waals surface area contributed by atoms with Crippen LogP contribution in [0.1, 0.15) is 5.56 Å². The zero-order valence-corrected chi connectivity index (χ0v) is 11.9. The van der Waals surface area contributed by atoms with Crippen molar-refractivity contribution in [1.29, 1.82) is 0 Å². The lowest BCUT2D eigenvalue weighted by atomic mass is 10.2. The minimum Gasteiger partial charge on any atom is -0.399 e. The molecule has 0 unspecified atom stereocenters. The largest absolute Gasteiger partial charge is 0.399 e. The average molecular weight is 280 g/mol. The van der Waals surface area contributed by atoms with Crippen molar-refractivity contribution in [1.82, 2.24) is 9.97 Å². The number of anilines is 3. The van der Waals surface area contributed by atoms with E-state index in [1.54, 1.807) is 18.2 Å².